The summed E-state index contributed by atoms with van der Waals surface area (Å²) >= 11 is 0. The van der Waals surface area contributed by atoms with E-state index >= 15 is 0 Å². The zero-order chi connectivity index (χ0) is 11.3. The number of benzene rings is 1. The SMILES string of the molecule is CCOC(=N)c1ccc(OC(C)=O)cc1. The van der Waals surface area contributed by atoms with Crippen molar-refractivity contribution in [2.45, 2.75) is 13.8 Å². The fourth-order valence-corrected chi connectivity index (χ4v) is 1.07. The number of rotatable bonds is 3. The fraction of sp³-hybridized carbons (Fsp3) is 0.273. The first kappa shape index (κ1) is 11.2. The molecule has 0 atom stereocenters. The number of hydrogen-bond donors (Lipinski definition) is 1. The molecule has 15 heavy (non-hydrogen) atoms. The molecule has 0 bridgehead atoms. The second-order valence-electron chi connectivity index (χ2n) is 2.88. The second-order valence-corrected chi connectivity index (χ2v) is 2.88. The molecule has 0 fully saturated rings. The van der Waals surface area contributed by atoms with Crippen LogP contribution in [0.3, 0.4) is 0 Å². The summed E-state index contributed by atoms with van der Waals surface area (Å²) in [6.07, 6.45) is 0. The van der Waals surface area contributed by atoms with Gasteiger partial charge in [-0.05, 0) is 31.2 Å². The molecule has 0 aromatic heterocycles. The number of esters is 1. The Morgan fingerprint density at radius 3 is 2.40 bits per heavy atom. The zero-order valence-electron chi connectivity index (χ0n) is 8.74. The minimum atomic E-state index is -0.359. The second kappa shape index (κ2) is 5.14. The summed E-state index contributed by atoms with van der Waals surface area (Å²) in [5.74, 6) is 0.227. The van der Waals surface area contributed by atoms with Gasteiger partial charge in [0, 0.05) is 12.5 Å². The average Bonchev–Trinajstić information content (AvgIpc) is 2.18. The lowest BCUT2D eigenvalue weighted by atomic mass is 10.2. The summed E-state index contributed by atoms with van der Waals surface area (Å²) < 4.78 is 9.88. The molecule has 1 rings (SSSR count). The molecule has 0 amide bonds. The first-order valence-electron chi connectivity index (χ1n) is 4.63. The van der Waals surface area contributed by atoms with Crippen molar-refractivity contribution in [3.63, 3.8) is 0 Å². The van der Waals surface area contributed by atoms with E-state index in [1.165, 1.54) is 6.92 Å². The van der Waals surface area contributed by atoms with Gasteiger partial charge in [-0.25, -0.2) is 0 Å². The van der Waals surface area contributed by atoms with Gasteiger partial charge in [-0.15, -0.1) is 0 Å². The van der Waals surface area contributed by atoms with E-state index in [9.17, 15) is 4.79 Å². The number of ether oxygens (including phenoxy) is 2. The van der Waals surface area contributed by atoms with Crippen LogP contribution in [0.15, 0.2) is 24.3 Å². The van der Waals surface area contributed by atoms with Gasteiger partial charge in [0.05, 0.1) is 6.61 Å². The van der Waals surface area contributed by atoms with Gasteiger partial charge in [-0.1, -0.05) is 0 Å². The minimum Gasteiger partial charge on any atom is -0.478 e. The van der Waals surface area contributed by atoms with Crippen LogP contribution in [0.25, 0.3) is 0 Å². The molecular weight excluding hydrogens is 194 g/mol. The van der Waals surface area contributed by atoms with Gasteiger partial charge in [0.15, 0.2) is 0 Å². The lowest BCUT2D eigenvalue weighted by Crippen LogP contribution is -2.05. The highest BCUT2D eigenvalue weighted by molar-refractivity contribution is 5.91. The minimum absolute atomic E-state index is 0.117. The molecule has 4 nitrogen and oxygen atoms in total. The van der Waals surface area contributed by atoms with E-state index in [-0.39, 0.29) is 11.9 Å². The van der Waals surface area contributed by atoms with Crippen LogP contribution in [0.1, 0.15) is 19.4 Å². The topological polar surface area (TPSA) is 59.4 Å². The van der Waals surface area contributed by atoms with Gasteiger partial charge in [0.1, 0.15) is 5.75 Å². The Morgan fingerprint density at radius 1 is 1.33 bits per heavy atom. The number of nitrogens with one attached hydrogen (secondary N) is 1. The van der Waals surface area contributed by atoms with Crippen LogP contribution in [-0.4, -0.2) is 18.5 Å². The van der Waals surface area contributed by atoms with Crippen LogP contribution in [0.4, 0.5) is 0 Å². The highest BCUT2D eigenvalue weighted by atomic mass is 16.5. The van der Waals surface area contributed by atoms with E-state index in [4.69, 9.17) is 14.9 Å². The Bertz CT molecular complexity index is 357. The summed E-state index contributed by atoms with van der Waals surface area (Å²) in [5.41, 5.74) is 0.660. The summed E-state index contributed by atoms with van der Waals surface area (Å²) in [6, 6.07) is 6.61. The van der Waals surface area contributed by atoms with Gasteiger partial charge in [0.2, 0.25) is 5.90 Å². The molecule has 0 aliphatic heterocycles. The van der Waals surface area contributed by atoms with Crippen molar-refractivity contribution in [1.82, 2.24) is 0 Å². The molecule has 0 aliphatic rings. The largest absolute Gasteiger partial charge is 0.478 e. The number of hydrogen-bond acceptors (Lipinski definition) is 4. The maximum Gasteiger partial charge on any atom is 0.308 e. The smallest absolute Gasteiger partial charge is 0.308 e. The third-order valence-electron chi connectivity index (χ3n) is 1.67. The van der Waals surface area contributed by atoms with Crippen molar-refractivity contribution in [3.05, 3.63) is 29.8 Å². The van der Waals surface area contributed by atoms with Crippen molar-refractivity contribution in [1.29, 1.82) is 5.41 Å². The van der Waals surface area contributed by atoms with Crippen molar-refractivity contribution >= 4 is 11.9 Å². The lowest BCUT2D eigenvalue weighted by Gasteiger charge is -2.05. The maximum absolute atomic E-state index is 10.6. The summed E-state index contributed by atoms with van der Waals surface area (Å²) in [5, 5.41) is 7.51. The molecule has 1 aromatic rings. The third-order valence-corrected chi connectivity index (χ3v) is 1.67. The molecule has 4 heteroatoms. The Labute approximate surface area is 88.3 Å². The van der Waals surface area contributed by atoms with Crippen LogP contribution in [0.5, 0.6) is 5.75 Å². The van der Waals surface area contributed by atoms with E-state index in [1.54, 1.807) is 24.3 Å². The molecule has 0 saturated carbocycles. The van der Waals surface area contributed by atoms with Gasteiger partial charge in [-0.3, -0.25) is 10.2 Å². The first-order valence-corrected chi connectivity index (χ1v) is 4.63. The van der Waals surface area contributed by atoms with Gasteiger partial charge < -0.3 is 9.47 Å². The van der Waals surface area contributed by atoms with Crippen LogP contribution in [0.2, 0.25) is 0 Å². The third kappa shape index (κ3) is 3.42. The molecule has 0 aliphatic carbocycles. The maximum atomic E-state index is 10.6. The molecule has 0 radical (unpaired) electrons. The average molecular weight is 207 g/mol. The summed E-state index contributed by atoms with van der Waals surface area (Å²) in [6.45, 7) is 3.63. The summed E-state index contributed by atoms with van der Waals surface area (Å²) in [4.78, 5) is 10.6. The van der Waals surface area contributed by atoms with Gasteiger partial charge >= 0.3 is 5.97 Å². The van der Waals surface area contributed by atoms with E-state index in [0.29, 0.717) is 17.9 Å². The molecule has 1 N–H and O–H groups in total. The van der Waals surface area contributed by atoms with Crippen LogP contribution >= 0.6 is 0 Å². The highest BCUT2D eigenvalue weighted by Crippen LogP contribution is 2.12. The van der Waals surface area contributed by atoms with Crippen molar-refractivity contribution in [3.8, 4) is 5.75 Å². The van der Waals surface area contributed by atoms with E-state index < -0.39 is 0 Å². The van der Waals surface area contributed by atoms with Crippen molar-refractivity contribution in [2.24, 2.45) is 0 Å². The number of carbonyl (C=O) groups is 1. The Morgan fingerprint density at radius 2 is 1.93 bits per heavy atom. The molecule has 0 heterocycles. The van der Waals surface area contributed by atoms with Crippen LogP contribution in [-0.2, 0) is 9.53 Å². The molecule has 0 spiro atoms. The molecule has 0 saturated heterocycles. The quantitative estimate of drug-likeness (QED) is 0.357. The molecule has 80 valence electrons. The standard InChI is InChI=1S/C11H13NO3/c1-3-14-11(12)9-4-6-10(7-5-9)15-8(2)13/h4-7,12H,3H2,1-2H3. The lowest BCUT2D eigenvalue weighted by molar-refractivity contribution is -0.131. The van der Waals surface area contributed by atoms with Gasteiger partial charge in [-0.2, -0.15) is 0 Å². The van der Waals surface area contributed by atoms with Crippen molar-refractivity contribution in [2.75, 3.05) is 6.61 Å². The normalized spacial score (nSPS) is 9.47. The van der Waals surface area contributed by atoms with Gasteiger partial charge in [0.25, 0.3) is 0 Å². The van der Waals surface area contributed by atoms with E-state index in [1.807, 2.05) is 6.92 Å². The zero-order valence-corrected chi connectivity index (χ0v) is 8.74. The van der Waals surface area contributed by atoms with Crippen molar-refractivity contribution < 1.29 is 14.3 Å². The predicted molar refractivity (Wildman–Crippen MR) is 56.2 cm³/mol. The fourth-order valence-electron chi connectivity index (χ4n) is 1.07. The van der Waals surface area contributed by atoms with Crippen LogP contribution < -0.4 is 4.74 Å². The van der Waals surface area contributed by atoms with E-state index in [0.717, 1.165) is 0 Å². The number of carbonyl (C=O) groups excluding carboxylic acids is 1. The Balaban J connectivity index is 2.71. The van der Waals surface area contributed by atoms with Crippen LogP contribution in [0, 0.1) is 5.41 Å². The molecular formula is C11H13NO3. The molecule has 0 unspecified atom stereocenters. The highest BCUT2D eigenvalue weighted by Gasteiger charge is 2.02. The molecule has 1 aromatic carbocycles. The Hall–Kier alpha value is -1.84. The monoisotopic (exact) mass is 207 g/mol. The summed E-state index contributed by atoms with van der Waals surface area (Å²) in [7, 11) is 0. The first-order chi connectivity index (χ1) is 7.13. The predicted octanol–water partition coefficient (Wildman–Crippen LogP) is 1.97. The van der Waals surface area contributed by atoms with E-state index in [2.05, 4.69) is 0 Å². The Kier molecular flexibility index (Phi) is 3.85.